The van der Waals surface area contributed by atoms with Gasteiger partial charge in [0.05, 0.1) is 0 Å². The van der Waals surface area contributed by atoms with E-state index in [1.807, 2.05) is 4.90 Å². The molecule has 3 fully saturated rings. The molecule has 1 saturated heterocycles. The zero-order chi connectivity index (χ0) is 19.8. The second-order valence-corrected chi connectivity index (χ2v) is 9.70. The van der Waals surface area contributed by atoms with Crippen molar-refractivity contribution in [1.29, 1.82) is 0 Å². The number of halogens is 2. The zero-order valence-electron chi connectivity index (χ0n) is 16.4. The summed E-state index contributed by atoms with van der Waals surface area (Å²) in [6.07, 6.45) is 9.23. The minimum Gasteiger partial charge on any atom is -0.351 e. The third-order valence-corrected chi connectivity index (χ3v) is 8.37. The Morgan fingerprint density at radius 3 is 2.90 bits per heavy atom. The van der Waals surface area contributed by atoms with Gasteiger partial charge in [-0.15, -0.1) is 0 Å². The maximum Gasteiger partial charge on any atom is 0.260 e. The van der Waals surface area contributed by atoms with Gasteiger partial charge in [0.25, 0.3) is 6.43 Å². The fourth-order valence-corrected chi connectivity index (χ4v) is 6.73. The van der Waals surface area contributed by atoms with Crippen LogP contribution in [0.5, 0.6) is 0 Å². The number of fused-ring (bicyclic) bond motifs is 1. The van der Waals surface area contributed by atoms with Crippen LogP contribution in [-0.4, -0.2) is 51.1 Å². The summed E-state index contributed by atoms with van der Waals surface area (Å²) in [6.45, 7) is 1.45. The first-order valence-electron chi connectivity index (χ1n) is 11.0. The number of likely N-dealkylation sites (tertiary alicyclic amines) is 1. The first kappa shape index (κ1) is 17.8. The summed E-state index contributed by atoms with van der Waals surface area (Å²) in [7, 11) is 0. The van der Waals surface area contributed by atoms with E-state index in [0.29, 0.717) is 42.1 Å². The highest BCUT2D eigenvalue weighted by molar-refractivity contribution is 5.80. The van der Waals surface area contributed by atoms with Gasteiger partial charge in [-0.25, -0.2) is 13.5 Å². The molecule has 1 aromatic heterocycles. The molecule has 8 heteroatoms. The maximum absolute atomic E-state index is 13.6. The molecule has 156 valence electrons. The number of nitrogens with one attached hydrogen (secondary N) is 1. The zero-order valence-corrected chi connectivity index (χ0v) is 16.4. The second kappa shape index (κ2) is 6.25. The van der Waals surface area contributed by atoms with Gasteiger partial charge in [0.2, 0.25) is 11.9 Å². The molecule has 1 spiro atoms. The van der Waals surface area contributed by atoms with E-state index in [1.54, 1.807) is 0 Å². The highest BCUT2D eigenvalue weighted by atomic mass is 19.3. The number of amides is 1. The molecule has 29 heavy (non-hydrogen) atoms. The number of anilines is 1. The SMILES string of the molecule is O=C([C@H]1C[C@H]2C=C[C@H]1C21CC1)N1CCC[C@H]([C@@H]2C[C@H](C(F)F)n3ncnc3N2)C1. The van der Waals surface area contributed by atoms with Crippen LogP contribution in [0.15, 0.2) is 18.5 Å². The number of allylic oxidation sites excluding steroid dienone is 2. The quantitative estimate of drug-likeness (QED) is 0.788. The number of piperidine rings is 1. The molecule has 2 saturated carbocycles. The van der Waals surface area contributed by atoms with Crippen LogP contribution in [-0.2, 0) is 4.79 Å². The molecule has 6 nitrogen and oxygen atoms in total. The van der Waals surface area contributed by atoms with Gasteiger partial charge in [-0.1, -0.05) is 12.2 Å². The van der Waals surface area contributed by atoms with Gasteiger partial charge in [0, 0.05) is 25.0 Å². The smallest absolute Gasteiger partial charge is 0.260 e. The number of aromatic nitrogens is 3. The number of hydrogen-bond donors (Lipinski definition) is 1. The summed E-state index contributed by atoms with van der Waals surface area (Å²) >= 11 is 0. The molecule has 6 atom stereocenters. The number of rotatable bonds is 3. The lowest BCUT2D eigenvalue weighted by molar-refractivity contribution is -0.138. The van der Waals surface area contributed by atoms with E-state index in [0.717, 1.165) is 25.8 Å². The highest BCUT2D eigenvalue weighted by Gasteiger charge is 2.64. The van der Waals surface area contributed by atoms with Crippen molar-refractivity contribution in [2.24, 2.45) is 29.1 Å². The van der Waals surface area contributed by atoms with E-state index in [2.05, 4.69) is 27.6 Å². The number of carbonyl (C=O) groups excluding carboxylic acids is 1. The van der Waals surface area contributed by atoms with E-state index in [9.17, 15) is 13.6 Å². The largest absolute Gasteiger partial charge is 0.351 e. The minimum atomic E-state index is -2.48. The average Bonchev–Trinajstić information content (AvgIpc) is 3.14. The van der Waals surface area contributed by atoms with Crippen LogP contribution in [0.2, 0.25) is 0 Å². The third-order valence-electron chi connectivity index (χ3n) is 8.37. The molecule has 0 aromatic carbocycles. The summed E-state index contributed by atoms with van der Waals surface area (Å²) < 4.78 is 28.5. The number of hydrogen-bond acceptors (Lipinski definition) is 4. The normalized spacial score (nSPS) is 39.1. The van der Waals surface area contributed by atoms with Gasteiger partial charge in [-0.05, 0) is 61.7 Å². The fraction of sp³-hybridized carbons (Fsp3) is 0.762. The molecule has 1 N–H and O–H groups in total. The van der Waals surface area contributed by atoms with E-state index < -0.39 is 12.5 Å². The summed E-state index contributed by atoms with van der Waals surface area (Å²) in [5, 5.41) is 7.29. The molecule has 0 unspecified atom stereocenters. The van der Waals surface area contributed by atoms with Crippen LogP contribution in [0.1, 0.15) is 44.6 Å². The van der Waals surface area contributed by atoms with Crippen LogP contribution < -0.4 is 5.32 Å². The van der Waals surface area contributed by atoms with E-state index in [-0.39, 0.29) is 17.9 Å². The lowest BCUT2D eigenvalue weighted by atomic mass is 9.84. The van der Waals surface area contributed by atoms with Gasteiger partial charge in [0.1, 0.15) is 12.4 Å². The van der Waals surface area contributed by atoms with Gasteiger partial charge >= 0.3 is 0 Å². The Morgan fingerprint density at radius 2 is 2.14 bits per heavy atom. The van der Waals surface area contributed by atoms with Crippen molar-refractivity contribution in [2.75, 3.05) is 18.4 Å². The van der Waals surface area contributed by atoms with Crippen LogP contribution in [0, 0.1) is 29.1 Å². The van der Waals surface area contributed by atoms with E-state index >= 15 is 0 Å². The molecular formula is C21H27F2N5O. The van der Waals surface area contributed by atoms with Crippen LogP contribution in [0.25, 0.3) is 0 Å². The number of carbonyl (C=O) groups is 1. The van der Waals surface area contributed by atoms with Crippen LogP contribution in [0.3, 0.4) is 0 Å². The van der Waals surface area contributed by atoms with E-state index in [4.69, 9.17) is 0 Å². The molecule has 6 rings (SSSR count). The molecule has 1 aromatic rings. The monoisotopic (exact) mass is 403 g/mol. The molecule has 2 aliphatic heterocycles. The molecule has 2 bridgehead atoms. The minimum absolute atomic E-state index is 0.101. The van der Waals surface area contributed by atoms with Crippen molar-refractivity contribution < 1.29 is 13.6 Å². The van der Waals surface area contributed by atoms with Crippen LogP contribution >= 0.6 is 0 Å². The fourth-order valence-electron chi connectivity index (χ4n) is 6.73. The Balaban J connectivity index is 1.17. The third kappa shape index (κ3) is 2.60. The molecule has 5 aliphatic rings. The topological polar surface area (TPSA) is 63.1 Å². The molecule has 1 amide bonds. The lowest BCUT2D eigenvalue weighted by Crippen LogP contribution is -2.50. The summed E-state index contributed by atoms with van der Waals surface area (Å²) in [5.74, 6) is 2.03. The van der Waals surface area contributed by atoms with Crippen LogP contribution in [0.4, 0.5) is 14.7 Å². The Bertz CT molecular complexity index is 850. The van der Waals surface area contributed by atoms with Gasteiger partial charge in [0.15, 0.2) is 0 Å². The van der Waals surface area contributed by atoms with Crippen molar-refractivity contribution in [3.8, 4) is 0 Å². The molecule has 3 heterocycles. The molecule has 3 aliphatic carbocycles. The standard InChI is InChI=1S/C21H27F2N5O/c22-18(23)17-9-16(26-20-24-11-25-28(17)20)12-2-1-7-27(10-12)19(29)14-8-13-3-4-15(14)21(13)5-6-21/h3-4,11-18H,1-2,5-10H2,(H,24,25,26)/t12-,13+,14-,15+,16-,17+/m0/s1. The number of alkyl halides is 2. The second-order valence-electron chi connectivity index (χ2n) is 9.70. The Kier molecular flexibility index (Phi) is 3.84. The van der Waals surface area contributed by atoms with Crippen molar-refractivity contribution in [3.05, 3.63) is 18.5 Å². The van der Waals surface area contributed by atoms with Crippen molar-refractivity contribution in [2.45, 2.75) is 57.0 Å². The lowest BCUT2D eigenvalue weighted by Gasteiger charge is -2.41. The van der Waals surface area contributed by atoms with Crippen molar-refractivity contribution in [3.63, 3.8) is 0 Å². The predicted octanol–water partition coefficient (Wildman–Crippen LogP) is 3.11. The maximum atomic E-state index is 13.6. The first-order chi connectivity index (χ1) is 14.1. The first-order valence-corrected chi connectivity index (χ1v) is 11.0. The molecular weight excluding hydrogens is 376 g/mol. The van der Waals surface area contributed by atoms with Crippen molar-refractivity contribution in [1.82, 2.24) is 19.7 Å². The predicted molar refractivity (Wildman–Crippen MR) is 102 cm³/mol. The van der Waals surface area contributed by atoms with Gasteiger partial charge in [-0.2, -0.15) is 10.1 Å². The summed E-state index contributed by atoms with van der Waals surface area (Å²) in [4.78, 5) is 19.5. The Hall–Kier alpha value is -1.99. The van der Waals surface area contributed by atoms with Gasteiger partial charge < -0.3 is 10.2 Å². The highest BCUT2D eigenvalue weighted by Crippen LogP contribution is 2.70. The molecule has 0 radical (unpaired) electrons. The average molecular weight is 403 g/mol. The van der Waals surface area contributed by atoms with E-state index in [1.165, 1.54) is 23.9 Å². The summed E-state index contributed by atoms with van der Waals surface area (Å²) in [5.41, 5.74) is 0.412. The Labute approximate surface area is 168 Å². The van der Waals surface area contributed by atoms with Crippen molar-refractivity contribution >= 4 is 11.9 Å². The van der Waals surface area contributed by atoms with Gasteiger partial charge in [-0.3, -0.25) is 4.79 Å². The Morgan fingerprint density at radius 1 is 1.28 bits per heavy atom. The number of nitrogens with zero attached hydrogens (tertiary/aromatic N) is 4. The summed E-state index contributed by atoms with van der Waals surface area (Å²) in [6, 6.07) is -1.05.